The van der Waals surface area contributed by atoms with Crippen LogP contribution in [0.4, 0.5) is 15.9 Å². The van der Waals surface area contributed by atoms with E-state index in [0.29, 0.717) is 22.9 Å². The molecule has 2 N–H and O–H groups in total. The normalized spacial score (nSPS) is 13.6. The molecule has 0 unspecified atom stereocenters. The lowest BCUT2D eigenvalue weighted by Gasteiger charge is -2.13. The van der Waals surface area contributed by atoms with Crippen molar-refractivity contribution < 1.29 is 18.7 Å². The maximum atomic E-state index is 14.9. The van der Waals surface area contributed by atoms with Gasteiger partial charge in [-0.25, -0.2) is 13.9 Å². The van der Waals surface area contributed by atoms with Gasteiger partial charge in [-0.1, -0.05) is 12.2 Å². The summed E-state index contributed by atoms with van der Waals surface area (Å²) in [5.74, 6) is -1.09. The Balaban J connectivity index is 1.31. The van der Waals surface area contributed by atoms with E-state index < -0.39 is 17.3 Å². The Kier molecular flexibility index (Phi) is 7.28. The van der Waals surface area contributed by atoms with Crippen LogP contribution in [-0.2, 0) is 4.79 Å². The minimum Gasteiger partial charge on any atom is -0.434 e. The summed E-state index contributed by atoms with van der Waals surface area (Å²) in [4.78, 5) is 42.3. The predicted molar refractivity (Wildman–Crippen MR) is 149 cm³/mol. The molecule has 1 saturated carbocycles. The van der Waals surface area contributed by atoms with E-state index >= 15 is 0 Å². The number of imidazole rings is 1. The van der Waals surface area contributed by atoms with Crippen molar-refractivity contribution in [2.45, 2.75) is 33.6 Å². The minimum absolute atomic E-state index is 0.0392. The lowest BCUT2D eigenvalue weighted by Crippen LogP contribution is -2.29. The molecule has 0 saturated heterocycles. The van der Waals surface area contributed by atoms with Gasteiger partial charge in [0.15, 0.2) is 23.0 Å². The number of carbonyl (C=O) groups is 2. The molecule has 40 heavy (non-hydrogen) atoms. The number of hydrogen-bond donors (Lipinski definition) is 2. The molecule has 11 heteroatoms. The summed E-state index contributed by atoms with van der Waals surface area (Å²) in [6, 6.07) is 10.2. The molecule has 0 aliphatic heterocycles. The van der Waals surface area contributed by atoms with Crippen LogP contribution in [0.2, 0.25) is 0 Å². The lowest BCUT2D eigenvalue weighted by molar-refractivity contribution is -0.117. The summed E-state index contributed by atoms with van der Waals surface area (Å²) in [6.45, 7) is 5.41. The Morgan fingerprint density at radius 1 is 1.10 bits per heavy atom. The van der Waals surface area contributed by atoms with Crippen LogP contribution in [0.5, 0.6) is 11.6 Å². The van der Waals surface area contributed by atoms with E-state index in [1.54, 1.807) is 50.4 Å². The second kappa shape index (κ2) is 11.0. The fraction of sp³-hybridized carbons (Fsp3) is 0.207. The van der Waals surface area contributed by atoms with E-state index in [-0.39, 0.29) is 34.7 Å². The van der Waals surface area contributed by atoms with Crippen molar-refractivity contribution in [2.75, 3.05) is 10.6 Å². The van der Waals surface area contributed by atoms with Crippen molar-refractivity contribution in [1.29, 1.82) is 0 Å². The molecule has 1 aromatic carbocycles. The van der Waals surface area contributed by atoms with Gasteiger partial charge in [-0.2, -0.15) is 0 Å². The number of ether oxygens (including phenoxy) is 1. The number of aromatic nitrogens is 4. The number of allylic oxidation sites excluding steroid dienone is 4. The number of nitrogens with one attached hydrogen (secondary N) is 2. The molecule has 0 spiro atoms. The number of nitrogens with zero attached hydrogens (tertiary/aromatic N) is 4. The molecular weight excluding hydrogens is 515 g/mol. The molecule has 204 valence electrons. The SMILES string of the molecule is C/C=C\C(=C/C)n1c(C)ccc(C(=O)Nc2ccc(Oc3ccc4nc(NC(=O)C5CC5)cn4n3)c(F)c2)c1=O. The number of aryl methyl sites for hydroxylation is 1. The fourth-order valence-corrected chi connectivity index (χ4v) is 4.12. The number of rotatable bonds is 8. The predicted octanol–water partition coefficient (Wildman–Crippen LogP) is 5.17. The van der Waals surface area contributed by atoms with Gasteiger partial charge in [0.1, 0.15) is 5.56 Å². The molecule has 4 aromatic rings. The number of benzene rings is 1. The smallest absolute Gasteiger partial charge is 0.268 e. The van der Waals surface area contributed by atoms with Gasteiger partial charge in [0, 0.05) is 35.1 Å². The number of halogens is 1. The van der Waals surface area contributed by atoms with Crippen LogP contribution in [0.3, 0.4) is 0 Å². The summed E-state index contributed by atoms with van der Waals surface area (Å²) < 4.78 is 23.4. The van der Waals surface area contributed by atoms with Gasteiger partial charge in [0.25, 0.3) is 11.5 Å². The molecule has 0 radical (unpaired) electrons. The van der Waals surface area contributed by atoms with E-state index in [1.165, 1.54) is 33.3 Å². The first-order valence-corrected chi connectivity index (χ1v) is 12.8. The Bertz CT molecular complexity index is 1750. The topological polar surface area (TPSA) is 120 Å². The Morgan fingerprint density at radius 3 is 2.60 bits per heavy atom. The van der Waals surface area contributed by atoms with Crippen LogP contribution in [0, 0.1) is 18.7 Å². The van der Waals surface area contributed by atoms with E-state index in [9.17, 15) is 18.8 Å². The molecule has 3 heterocycles. The third kappa shape index (κ3) is 5.53. The highest BCUT2D eigenvalue weighted by molar-refractivity contribution is 6.04. The van der Waals surface area contributed by atoms with Crippen molar-refractivity contribution in [3.05, 3.63) is 94.3 Å². The van der Waals surface area contributed by atoms with Crippen molar-refractivity contribution in [3.63, 3.8) is 0 Å². The first-order valence-electron chi connectivity index (χ1n) is 12.8. The van der Waals surface area contributed by atoms with E-state index in [0.717, 1.165) is 18.9 Å². The summed E-state index contributed by atoms with van der Waals surface area (Å²) in [6.07, 6.45) is 8.65. The van der Waals surface area contributed by atoms with Gasteiger partial charge >= 0.3 is 0 Å². The molecule has 1 aliphatic rings. The molecule has 3 aromatic heterocycles. The van der Waals surface area contributed by atoms with E-state index in [1.807, 2.05) is 6.92 Å². The van der Waals surface area contributed by atoms with Gasteiger partial charge in [-0.05, 0) is 70.0 Å². The van der Waals surface area contributed by atoms with Crippen molar-refractivity contribution in [1.82, 2.24) is 19.2 Å². The largest absolute Gasteiger partial charge is 0.434 e. The molecule has 2 amide bonds. The average molecular weight is 543 g/mol. The quantitative estimate of drug-likeness (QED) is 0.297. The van der Waals surface area contributed by atoms with Gasteiger partial charge in [-0.3, -0.25) is 19.0 Å². The minimum atomic E-state index is -0.742. The van der Waals surface area contributed by atoms with Crippen LogP contribution < -0.4 is 20.9 Å². The van der Waals surface area contributed by atoms with E-state index in [2.05, 4.69) is 20.7 Å². The highest BCUT2D eigenvalue weighted by Gasteiger charge is 2.30. The first-order chi connectivity index (χ1) is 19.3. The first kappa shape index (κ1) is 26.5. The molecule has 10 nitrogen and oxygen atoms in total. The van der Waals surface area contributed by atoms with Crippen molar-refractivity contribution in [3.8, 4) is 11.6 Å². The van der Waals surface area contributed by atoms with E-state index in [4.69, 9.17) is 4.74 Å². The van der Waals surface area contributed by atoms with Crippen LogP contribution in [0.15, 0.2) is 71.7 Å². The zero-order chi connectivity index (χ0) is 28.4. The maximum absolute atomic E-state index is 14.9. The van der Waals surface area contributed by atoms with Crippen molar-refractivity contribution in [2.24, 2.45) is 5.92 Å². The molecule has 5 rings (SSSR count). The summed E-state index contributed by atoms with van der Waals surface area (Å²) >= 11 is 0. The number of fused-ring (bicyclic) bond motifs is 1. The van der Waals surface area contributed by atoms with Crippen LogP contribution in [0.1, 0.15) is 42.7 Å². The molecule has 0 bridgehead atoms. The van der Waals surface area contributed by atoms with Crippen molar-refractivity contribution >= 4 is 34.7 Å². The zero-order valence-corrected chi connectivity index (χ0v) is 22.1. The number of hydrogen-bond acceptors (Lipinski definition) is 6. The Hall–Kier alpha value is -5.06. The number of pyridine rings is 1. The number of amides is 2. The second-order valence-electron chi connectivity index (χ2n) is 9.31. The molecular formula is C29H27FN6O4. The zero-order valence-electron chi connectivity index (χ0n) is 22.1. The highest BCUT2D eigenvalue weighted by Crippen LogP contribution is 2.30. The number of anilines is 2. The lowest BCUT2D eigenvalue weighted by atomic mass is 10.2. The summed E-state index contributed by atoms with van der Waals surface area (Å²) in [7, 11) is 0. The summed E-state index contributed by atoms with van der Waals surface area (Å²) in [5.41, 5.74) is 1.37. The Labute approximate surface area is 228 Å². The fourth-order valence-electron chi connectivity index (χ4n) is 4.12. The summed E-state index contributed by atoms with van der Waals surface area (Å²) in [5, 5.41) is 9.60. The van der Waals surface area contributed by atoms with Crippen LogP contribution >= 0.6 is 0 Å². The van der Waals surface area contributed by atoms with Gasteiger partial charge in [0.05, 0.1) is 6.20 Å². The average Bonchev–Trinajstić information content (AvgIpc) is 3.70. The van der Waals surface area contributed by atoms with Crippen LogP contribution in [0.25, 0.3) is 11.3 Å². The third-order valence-corrected chi connectivity index (χ3v) is 6.31. The molecule has 0 atom stereocenters. The van der Waals surface area contributed by atoms with Gasteiger partial charge in [0.2, 0.25) is 11.8 Å². The molecule has 1 aliphatic carbocycles. The van der Waals surface area contributed by atoms with Gasteiger partial charge < -0.3 is 15.4 Å². The van der Waals surface area contributed by atoms with Crippen LogP contribution in [-0.4, -0.2) is 31.0 Å². The standard InChI is InChI=1S/C29H27FN6O4/c1-4-6-20(5-2)36-17(3)7-11-21(29(36)39)28(38)31-19-10-12-23(22(30)15-19)40-26-14-13-25-32-24(16-35(25)34-26)33-27(37)18-8-9-18/h4-7,10-16,18H,8-9H2,1-3H3,(H,31,38)(H,33,37)/b6-4-,20-5+. The third-order valence-electron chi connectivity index (χ3n) is 6.31. The van der Waals surface area contributed by atoms with Gasteiger partial charge in [-0.15, -0.1) is 5.10 Å². The molecule has 1 fully saturated rings. The highest BCUT2D eigenvalue weighted by atomic mass is 19.1. The second-order valence-corrected chi connectivity index (χ2v) is 9.31. The maximum Gasteiger partial charge on any atom is 0.268 e. The Morgan fingerprint density at radius 2 is 1.90 bits per heavy atom. The number of carbonyl (C=O) groups excluding carboxylic acids is 2. The monoisotopic (exact) mass is 542 g/mol.